The molecular weight excluding hydrogens is 230 g/mol. The first kappa shape index (κ1) is 11.6. The van der Waals surface area contributed by atoms with Gasteiger partial charge in [0, 0.05) is 32.7 Å². The van der Waals surface area contributed by atoms with Gasteiger partial charge in [-0.2, -0.15) is 0 Å². The molecule has 2 heterocycles. The van der Waals surface area contributed by atoms with Crippen LogP contribution in [0.5, 0.6) is 11.5 Å². The predicted molar refractivity (Wildman–Crippen MR) is 70.5 cm³/mol. The van der Waals surface area contributed by atoms with Crippen molar-refractivity contribution in [3.8, 4) is 11.5 Å². The second-order valence-electron chi connectivity index (χ2n) is 4.63. The Labute approximate surface area is 107 Å². The average Bonchev–Trinajstić information content (AvgIpc) is 2.47. The lowest BCUT2D eigenvalue weighted by atomic mass is 10.2. The molecule has 0 saturated carbocycles. The Balaban J connectivity index is 1.87. The van der Waals surface area contributed by atoms with Gasteiger partial charge in [-0.25, -0.2) is 0 Å². The molecule has 0 spiro atoms. The Morgan fingerprint density at radius 1 is 1.33 bits per heavy atom. The summed E-state index contributed by atoms with van der Waals surface area (Å²) in [6, 6.07) is 6.05. The summed E-state index contributed by atoms with van der Waals surface area (Å²) >= 11 is 0. The van der Waals surface area contributed by atoms with Crippen LogP contribution in [-0.2, 0) is 0 Å². The van der Waals surface area contributed by atoms with Crippen molar-refractivity contribution in [1.82, 2.24) is 5.32 Å². The van der Waals surface area contributed by atoms with E-state index in [0.717, 1.165) is 43.4 Å². The number of para-hydroxylation sites is 1. The Morgan fingerprint density at radius 3 is 2.94 bits per heavy atom. The molecule has 5 heteroatoms. The van der Waals surface area contributed by atoms with Gasteiger partial charge in [0.1, 0.15) is 12.7 Å². The standard InChI is InChI=1S/C13H19N3O2/c14-8-10-9-17-13-11(2-1-3-12(13)18-10)16-6-4-15-5-7-16/h1-3,10,15H,4-9,14H2. The largest absolute Gasteiger partial charge is 0.484 e. The van der Waals surface area contributed by atoms with Crippen molar-refractivity contribution in [2.45, 2.75) is 6.10 Å². The van der Waals surface area contributed by atoms with Crippen LogP contribution in [0.4, 0.5) is 5.69 Å². The highest BCUT2D eigenvalue weighted by Gasteiger charge is 2.25. The molecule has 0 aliphatic carbocycles. The first-order valence-corrected chi connectivity index (χ1v) is 6.46. The number of nitrogens with zero attached hydrogens (tertiary/aromatic N) is 1. The number of nitrogens with one attached hydrogen (secondary N) is 1. The van der Waals surface area contributed by atoms with E-state index < -0.39 is 0 Å². The smallest absolute Gasteiger partial charge is 0.184 e. The molecule has 2 aliphatic rings. The Morgan fingerprint density at radius 2 is 2.17 bits per heavy atom. The Bertz CT molecular complexity index is 419. The number of ether oxygens (including phenoxy) is 2. The quantitative estimate of drug-likeness (QED) is 0.784. The minimum Gasteiger partial charge on any atom is -0.484 e. The highest BCUT2D eigenvalue weighted by molar-refractivity contribution is 5.65. The molecule has 1 aromatic rings. The summed E-state index contributed by atoms with van der Waals surface area (Å²) in [5, 5.41) is 3.35. The third-order valence-corrected chi connectivity index (χ3v) is 3.39. The molecule has 5 nitrogen and oxygen atoms in total. The van der Waals surface area contributed by atoms with E-state index in [1.165, 1.54) is 0 Å². The van der Waals surface area contributed by atoms with Gasteiger partial charge >= 0.3 is 0 Å². The van der Waals surface area contributed by atoms with Crippen LogP contribution in [0.2, 0.25) is 0 Å². The molecule has 0 radical (unpaired) electrons. The van der Waals surface area contributed by atoms with Crippen molar-refractivity contribution < 1.29 is 9.47 Å². The fraction of sp³-hybridized carbons (Fsp3) is 0.538. The molecule has 0 aromatic heterocycles. The molecule has 2 aliphatic heterocycles. The number of piperazine rings is 1. The molecule has 1 saturated heterocycles. The van der Waals surface area contributed by atoms with Crippen LogP contribution in [0.3, 0.4) is 0 Å². The van der Waals surface area contributed by atoms with Crippen molar-refractivity contribution >= 4 is 5.69 Å². The van der Waals surface area contributed by atoms with Crippen molar-refractivity contribution in [3.63, 3.8) is 0 Å². The summed E-state index contributed by atoms with van der Waals surface area (Å²) in [4.78, 5) is 2.33. The summed E-state index contributed by atoms with van der Waals surface area (Å²) < 4.78 is 11.7. The second-order valence-corrected chi connectivity index (χ2v) is 4.63. The monoisotopic (exact) mass is 249 g/mol. The molecule has 0 amide bonds. The number of nitrogens with two attached hydrogens (primary N) is 1. The van der Waals surface area contributed by atoms with Crippen LogP contribution < -0.4 is 25.4 Å². The second kappa shape index (κ2) is 5.04. The van der Waals surface area contributed by atoms with E-state index in [9.17, 15) is 0 Å². The Kier molecular flexibility index (Phi) is 3.25. The highest BCUT2D eigenvalue weighted by atomic mass is 16.6. The van der Waals surface area contributed by atoms with Gasteiger partial charge in [0.15, 0.2) is 11.5 Å². The molecule has 1 atom stereocenters. The van der Waals surface area contributed by atoms with Crippen LogP contribution in [0.1, 0.15) is 0 Å². The van der Waals surface area contributed by atoms with Crippen molar-refractivity contribution in [1.29, 1.82) is 0 Å². The van der Waals surface area contributed by atoms with E-state index in [0.29, 0.717) is 13.2 Å². The zero-order valence-electron chi connectivity index (χ0n) is 10.4. The third-order valence-electron chi connectivity index (χ3n) is 3.39. The van der Waals surface area contributed by atoms with E-state index in [-0.39, 0.29) is 6.10 Å². The summed E-state index contributed by atoms with van der Waals surface area (Å²) in [6.45, 7) is 5.04. The molecule has 3 rings (SSSR count). The zero-order valence-corrected chi connectivity index (χ0v) is 10.4. The number of hydrogen-bond acceptors (Lipinski definition) is 5. The molecule has 1 unspecified atom stereocenters. The van der Waals surface area contributed by atoms with Gasteiger partial charge in [-0.15, -0.1) is 0 Å². The van der Waals surface area contributed by atoms with Gasteiger partial charge in [0.2, 0.25) is 0 Å². The molecule has 3 N–H and O–H groups in total. The number of fused-ring (bicyclic) bond motifs is 1. The van der Waals surface area contributed by atoms with E-state index in [2.05, 4.69) is 16.3 Å². The molecule has 1 fully saturated rings. The van der Waals surface area contributed by atoms with Crippen molar-refractivity contribution in [2.24, 2.45) is 5.73 Å². The maximum Gasteiger partial charge on any atom is 0.184 e. The minimum atomic E-state index is -0.0317. The van der Waals surface area contributed by atoms with Gasteiger partial charge < -0.3 is 25.4 Å². The highest BCUT2D eigenvalue weighted by Crippen LogP contribution is 2.40. The number of rotatable bonds is 2. The lowest BCUT2D eigenvalue weighted by Gasteiger charge is -2.33. The SMILES string of the molecule is NCC1COc2c(cccc2N2CCNCC2)O1. The molecule has 18 heavy (non-hydrogen) atoms. The summed E-state index contributed by atoms with van der Waals surface area (Å²) in [5.74, 6) is 1.68. The first-order valence-electron chi connectivity index (χ1n) is 6.46. The normalized spacial score (nSPS) is 22.9. The fourth-order valence-electron chi connectivity index (χ4n) is 2.40. The molecule has 98 valence electrons. The minimum absolute atomic E-state index is 0.0317. The van der Waals surface area contributed by atoms with Crippen molar-refractivity contribution in [3.05, 3.63) is 18.2 Å². The van der Waals surface area contributed by atoms with Crippen LogP contribution in [0.15, 0.2) is 18.2 Å². The van der Waals surface area contributed by atoms with Gasteiger partial charge in [-0.1, -0.05) is 6.07 Å². The lowest BCUT2D eigenvalue weighted by molar-refractivity contribution is 0.0972. The van der Waals surface area contributed by atoms with E-state index in [1.54, 1.807) is 0 Å². The van der Waals surface area contributed by atoms with E-state index in [4.69, 9.17) is 15.2 Å². The average molecular weight is 249 g/mol. The van der Waals surface area contributed by atoms with E-state index >= 15 is 0 Å². The predicted octanol–water partition coefficient (Wildman–Crippen LogP) is 0.195. The summed E-state index contributed by atoms with van der Waals surface area (Å²) in [5.41, 5.74) is 6.75. The molecule has 0 bridgehead atoms. The topological polar surface area (TPSA) is 59.8 Å². The van der Waals surface area contributed by atoms with Gasteiger partial charge in [-0.05, 0) is 12.1 Å². The third kappa shape index (κ3) is 2.11. The molecular formula is C13H19N3O2. The van der Waals surface area contributed by atoms with Gasteiger partial charge in [0.25, 0.3) is 0 Å². The van der Waals surface area contributed by atoms with Gasteiger partial charge in [0.05, 0.1) is 5.69 Å². The van der Waals surface area contributed by atoms with Crippen LogP contribution >= 0.6 is 0 Å². The van der Waals surface area contributed by atoms with Crippen LogP contribution in [0, 0.1) is 0 Å². The number of hydrogen-bond donors (Lipinski definition) is 2. The number of benzene rings is 1. The maximum atomic E-state index is 5.84. The number of anilines is 1. The fourth-order valence-corrected chi connectivity index (χ4v) is 2.40. The zero-order chi connectivity index (χ0) is 12.4. The lowest BCUT2D eigenvalue weighted by Crippen LogP contribution is -2.44. The molecule has 1 aromatic carbocycles. The first-order chi connectivity index (χ1) is 8.88. The van der Waals surface area contributed by atoms with Gasteiger partial charge in [-0.3, -0.25) is 0 Å². The van der Waals surface area contributed by atoms with Crippen LogP contribution in [-0.4, -0.2) is 45.4 Å². The van der Waals surface area contributed by atoms with Crippen molar-refractivity contribution in [2.75, 3.05) is 44.2 Å². The Hall–Kier alpha value is -1.46. The summed E-state index contributed by atoms with van der Waals surface area (Å²) in [6.07, 6.45) is -0.0317. The summed E-state index contributed by atoms with van der Waals surface area (Å²) in [7, 11) is 0. The maximum absolute atomic E-state index is 5.84. The van der Waals surface area contributed by atoms with Crippen LogP contribution in [0.25, 0.3) is 0 Å². The van der Waals surface area contributed by atoms with E-state index in [1.807, 2.05) is 12.1 Å².